The highest BCUT2D eigenvalue weighted by Gasteiger charge is 2.19. The van der Waals surface area contributed by atoms with Crippen molar-refractivity contribution in [3.05, 3.63) is 30.1 Å². The third-order valence-corrected chi connectivity index (χ3v) is 3.27. The molecule has 2 rings (SSSR count). The first-order valence-corrected chi connectivity index (χ1v) is 7.19. The molecule has 1 atom stereocenters. The van der Waals surface area contributed by atoms with Gasteiger partial charge in [-0.05, 0) is 31.2 Å². The Morgan fingerprint density at radius 3 is 2.73 bits per heavy atom. The average molecular weight is 309 g/mol. The summed E-state index contributed by atoms with van der Waals surface area (Å²) >= 11 is 0. The molecule has 6 nitrogen and oxygen atoms in total. The van der Waals surface area contributed by atoms with E-state index in [2.05, 4.69) is 10.6 Å². The molecule has 22 heavy (non-hydrogen) atoms. The summed E-state index contributed by atoms with van der Waals surface area (Å²) in [6.45, 7) is 4.11. The van der Waals surface area contributed by atoms with Crippen LogP contribution < -0.4 is 10.6 Å². The van der Waals surface area contributed by atoms with Gasteiger partial charge in [0.25, 0.3) is 0 Å². The van der Waals surface area contributed by atoms with Crippen LogP contribution in [0.15, 0.2) is 24.3 Å². The third-order valence-electron chi connectivity index (χ3n) is 3.27. The van der Waals surface area contributed by atoms with E-state index in [1.54, 1.807) is 0 Å². The Hall–Kier alpha value is -1.99. The zero-order valence-corrected chi connectivity index (χ0v) is 12.5. The highest BCUT2D eigenvalue weighted by molar-refractivity contribution is 5.94. The normalized spacial score (nSPS) is 18.7. The number of rotatable bonds is 5. The van der Waals surface area contributed by atoms with Gasteiger partial charge in [-0.3, -0.25) is 14.5 Å². The molecule has 1 aliphatic rings. The lowest BCUT2D eigenvalue weighted by Gasteiger charge is -2.30. The number of morpholine rings is 1. The minimum atomic E-state index is -0.369. The number of anilines is 1. The van der Waals surface area contributed by atoms with Gasteiger partial charge in [-0.25, -0.2) is 4.39 Å². The van der Waals surface area contributed by atoms with Crippen LogP contribution in [0.3, 0.4) is 0 Å². The monoisotopic (exact) mass is 309 g/mol. The van der Waals surface area contributed by atoms with Gasteiger partial charge < -0.3 is 15.4 Å². The summed E-state index contributed by atoms with van der Waals surface area (Å²) < 4.78 is 18.1. The van der Waals surface area contributed by atoms with E-state index in [0.717, 1.165) is 0 Å². The second kappa shape index (κ2) is 7.86. The summed E-state index contributed by atoms with van der Waals surface area (Å²) in [6.07, 6.45) is 0.114. The Bertz CT molecular complexity index is 521. The number of nitrogens with one attached hydrogen (secondary N) is 2. The predicted molar refractivity (Wildman–Crippen MR) is 79.9 cm³/mol. The van der Waals surface area contributed by atoms with Crippen molar-refractivity contribution in [2.45, 2.75) is 13.0 Å². The Morgan fingerprint density at radius 1 is 1.32 bits per heavy atom. The third kappa shape index (κ3) is 5.42. The number of ether oxygens (including phenoxy) is 1. The molecule has 120 valence electrons. The maximum absolute atomic E-state index is 12.7. The molecule has 2 amide bonds. The Labute approximate surface area is 128 Å². The van der Waals surface area contributed by atoms with Crippen molar-refractivity contribution in [2.75, 3.05) is 38.1 Å². The van der Waals surface area contributed by atoms with Gasteiger partial charge >= 0.3 is 0 Å². The van der Waals surface area contributed by atoms with Gasteiger partial charge in [0, 0.05) is 18.8 Å². The van der Waals surface area contributed by atoms with Crippen molar-refractivity contribution in [3.63, 3.8) is 0 Å². The largest absolute Gasteiger partial charge is 0.376 e. The maximum Gasteiger partial charge on any atom is 0.243 e. The molecule has 0 bridgehead atoms. The molecule has 1 fully saturated rings. The van der Waals surface area contributed by atoms with Crippen molar-refractivity contribution in [3.8, 4) is 0 Å². The molecule has 0 spiro atoms. The zero-order chi connectivity index (χ0) is 15.9. The first-order valence-electron chi connectivity index (χ1n) is 7.19. The number of benzene rings is 1. The molecule has 1 saturated heterocycles. The standard InChI is InChI=1S/C15H20FN3O3/c1-11-9-19(6-7-22-11)10-15(21)17-8-14(20)18-13-4-2-12(16)3-5-13/h2-5,11H,6-10H2,1H3,(H,17,21)(H,18,20). The minimum Gasteiger partial charge on any atom is -0.376 e. The van der Waals surface area contributed by atoms with Gasteiger partial charge in [-0.1, -0.05) is 0 Å². The van der Waals surface area contributed by atoms with Crippen LogP contribution in [0, 0.1) is 5.82 Å². The van der Waals surface area contributed by atoms with E-state index in [4.69, 9.17) is 4.74 Å². The number of nitrogens with zero attached hydrogens (tertiary/aromatic N) is 1. The van der Waals surface area contributed by atoms with Gasteiger partial charge in [0.1, 0.15) is 5.82 Å². The van der Waals surface area contributed by atoms with Crippen LogP contribution in [0.1, 0.15) is 6.92 Å². The Balaban J connectivity index is 1.69. The molecule has 0 radical (unpaired) electrons. The lowest BCUT2D eigenvalue weighted by molar-refractivity contribution is -0.126. The van der Waals surface area contributed by atoms with Gasteiger partial charge in [0.2, 0.25) is 11.8 Å². The SMILES string of the molecule is CC1CN(CC(=O)NCC(=O)Nc2ccc(F)cc2)CCO1. The average Bonchev–Trinajstić information content (AvgIpc) is 2.48. The minimum absolute atomic E-state index is 0.114. The molecule has 7 heteroatoms. The number of carbonyl (C=O) groups excluding carboxylic acids is 2. The molecular weight excluding hydrogens is 289 g/mol. The summed E-state index contributed by atoms with van der Waals surface area (Å²) in [4.78, 5) is 25.5. The quantitative estimate of drug-likeness (QED) is 0.836. The van der Waals surface area contributed by atoms with Crippen molar-refractivity contribution in [1.29, 1.82) is 0 Å². The fraction of sp³-hybridized carbons (Fsp3) is 0.467. The van der Waals surface area contributed by atoms with E-state index >= 15 is 0 Å². The molecule has 0 aromatic heterocycles. The highest BCUT2D eigenvalue weighted by atomic mass is 19.1. The van der Waals surface area contributed by atoms with Crippen LogP contribution in [0.25, 0.3) is 0 Å². The van der Waals surface area contributed by atoms with Gasteiger partial charge in [0.05, 0.1) is 25.8 Å². The number of amides is 2. The topological polar surface area (TPSA) is 70.7 Å². The van der Waals surface area contributed by atoms with Gasteiger partial charge in [0.15, 0.2) is 0 Å². The van der Waals surface area contributed by atoms with Crippen LogP contribution in [-0.2, 0) is 14.3 Å². The first kappa shape index (κ1) is 16.4. The fourth-order valence-electron chi connectivity index (χ4n) is 2.21. The van der Waals surface area contributed by atoms with Gasteiger partial charge in [-0.15, -0.1) is 0 Å². The maximum atomic E-state index is 12.7. The van der Waals surface area contributed by atoms with Crippen molar-refractivity contribution in [2.24, 2.45) is 0 Å². The second-order valence-electron chi connectivity index (χ2n) is 5.25. The lowest BCUT2D eigenvalue weighted by atomic mass is 10.3. The number of hydrogen-bond donors (Lipinski definition) is 2. The van der Waals surface area contributed by atoms with E-state index in [1.807, 2.05) is 11.8 Å². The van der Waals surface area contributed by atoms with Crippen molar-refractivity contribution >= 4 is 17.5 Å². The van der Waals surface area contributed by atoms with Crippen LogP contribution in [0.5, 0.6) is 0 Å². The molecule has 0 saturated carbocycles. The van der Waals surface area contributed by atoms with Crippen LogP contribution in [0.4, 0.5) is 10.1 Å². The summed E-state index contributed by atoms with van der Waals surface area (Å²) in [7, 11) is 0. The fourth-order valence-corrected chi connectivity index (χ4v) is 2.21. The highest BCUT2D eigenvalue weighted by Crippen LogP contribution is 2.07. The molecular formula is C15H20FN3O3. The lowest BCUT2D eigenvalue weighted by Crippen LogP contribution is -2.47. The summed E-state index contributed by atoms with van der Waals surface area (Å²) in [5.74, 6) is -0.926. The number of halogens is 1. The molecule has 1 aliphatic heterocycles. The Morgan fingerprint density at radius 2 is 2.05 bits per heavy atom. The Kier molecular flexibility index (Phi) is 5.85. The molecule has 1 aromatic rings. The number of carbonyl (C=O) groups is 2. The summed E-state index contributed by atoms with van der Waals surface area (Å²) in [5.41, 5.74) is 0.489. The van der Waals surface area contributed by atoms with Crippen LogP contribution >= 0.6 is 0 Å². The summed E-state index contributed by atoms with van der Waals surface area (Å²) in [6, 6.07) is 5.44. The zero-order valence-electron chi connectivity index (χ0n) is 12.5. The molecule has 2 N–H and O–H groups in total. The van der Waals surface area contributed by atoms with E-state index < -0.39 is 0 Å². The molecule has 1 heterocycles. The van der Waals surface area contributed by atoms with Crippen LogP contribution in [0.2, 0.25) is 0 Å². The van der Waals surface area contributed by atoms with E-state index in [9.17, 15) is 14.0 Å². The summed E-state index contributed by atoms with van der Waals surface area (Å²) in [5, 5.41) is 5.15. The smallest absolute Gasteiger partial charge is 0.243 e. The van der Waals surface area contributed by atoms with Crippen molar-refractivity contribution < 1.29 is 18.7 Å². The van der Waals surface area contributed by atoms with E-state index in [-0.39, 0.29) is 36.8 Å². The van der Waals surface area contributed by atoms with Gasteiger partial charge in [-0.2, -0.15) is 0 Å². The van der Waals surface area contributed by atoms with Crippen LogP contribution in [-0.4, -0.2) is 55.6 Å². The first-order chi connectivity index (χ1) is 10.5. The molecule has 1 aromatic carbocycles. The van der Waals surface area contributed by atoms with Crippen molar-refractivity contribution in [1.82, 2.24) is 10.2 Å². The molecule has 0 aliphatic carbocycles. The predicted octanol–water partition coefficient (Wildman–Crippen LogP) is 0.601. The van der Waals surface area contributed by atoms with E-state index in [1.165, 1.54) is 24.3 Å². The number of hydrogen-bond acceptors (Lipinski definition) is 4. The molecule has 1 unspecified atom stereocenters. The second-order valence-corrected chi connectivity index (χ2v) is 5.25. The van der Waals surface area contributed by atoms with E-state index in [0.29, 0.717) is 25.4 Å².